The second-order valence-corrected chi connectivity index (χ2v) is 5.40. The van der Waals surface area contributed by atoms with E-state index in [0.717, 1.165) is 3.57 Å². The molecule has 1 aliphatic heterocycles. The Hall–Kier alpha value is -1.11. The highest BCUT2D eigenvalue weighted by Crippen LogP contribution is 2.11. The molecule has 0 aromatic heterocycles. The summed E-state index contributed by atoms with van der Waals surface area (Å²) in [5.41, 5.74) is 0.638. The van der Waals surface area contributed by atoms with Crippen LogP contribution in [0.25, 0.3) is 0 Å². The molecule has 2 amide bonds. The molecular weight excluding hydrogens is 331 g/mol. The van der Waals surface area contributed by atoms with Gasteiger partial charge in [0.05, 0.1) is 6.04 Å². The van der Waals surface area contributed by atoms with Gasteiger partial charge in [0, 0.05) is 29.1 Å². The zero-order chi connectivity index (χ0) is 12.4. The van der Waals surface area contributed by atoms with Gasteiger partial charge in [0.15, 0.2) is 0 Å². The van der Waals surface area contributed by atoms with E-state index >= 15 is 0 Å². The van der Waals surface area contributed by atoms with E-state index in [9.17, 15) is 9.59 Å². The Balaban J connectivity index is 2.01. The normalized spacial score (nSPS) is 19.5. The number of nitrogens with one attached hydrogen (secondary N) is 1. The minimum atomic E-state index is -0.114. The minimum absolute atomic E-state index is 0.0714. The number of hydrogen-bond acceptors (Lipinski definition) is 2. The average Bonchev–Trinajstić information content (AvgIpc) is 2.58. The van der Waals surface area contributed by atoms with Gasteiger partial charge < -0.3 is 10.2 Å². The van der Waals surface area contributed by atoms with Crippen molar-refractivity contribution in [3.8, 4) is 0 Å². The average molecular weight is 344 g/mol. The largest absolute Gasteiger partial charge is 0.347 e. The molecule has 0 bridgehead atoms. The van der Waals surface area contributed by atoms with Crippen molar-refractivity contribution < 1.29 is 9.59 Å². The highest BCUT2D eigenvalue weighted by Gasteiger charge is 2.27. The van der Waals surface area contributed by atoms with Gasteiger partial charge in [0.1, 0.15) is 0 Å². The molecule has 0 aliphatic carbocycles. The molecule has 0 unspecified atom stereocenters. The minimum Gasteiger partial charge on any atom is -0.347 e. The van der Waals surface area contributed by atoms with Crippen LogP contribution in [0.1, 0.15) is 16.8 Å². The highest BCUT2D eigenvalue weighted by atomic mass is 127. The second-order valence-electron chi connectivity index (χ2n) is 4.16. The van der Waals surface area contributed by atoms with Crippen LogP contribution >= 0.6 is 22.6 Å². The molecule has 17 heavy (non-hydrogen) atoms. The number of halogens is 1. The van der Waals surface area contributed by atoms with Crippen LogP contribution in [0.3, 0.4) is 0 Å². The summed E-state index contributed by atoms with van der Waals surface area (Å²) in [5.74, 6) is -0.0328. The van der Waals surface area contributed by atoms with Gasteiger partial charge in [-0.15, -0.1) is 0 Å². The summed E-state index contributed by atoms with van der Waals surface area (Å²) in [6, 6.07) is 7.32. The maximum absolute atomic E-state index is 11.9. The standard InChI is InChI=1S/C12H13IN2O2/c1-15-7-10(6-11(15)16)14-12(17)8-3-2-4-9(13)5-8/h2-5,10H,6-7H2,1H3,(H,14,17)/t10-/m0/s1. The van der Waals surface area contributed by atoms with Gasteiger partial charge >= 0.3 is 0 Å². The monoisotopic (exact) mass is 344 g/mol. The number of rotatable bonds is 2. The molecular formula is C12H13IN2O2. The zero-order valence-electron chi connectivity index (χ0n) is 9.44. The van der Waals surface area contributed by atoms with E-state index in [1.165, 1.54) is 0 Å². The van der Waals surface area contributed by atoms with Crippen molar-refractivity contribution in [2.75, 3.05) is 13.6 Å². The summed E-state index contributed by atoms with van der Waals surface area (Å²) in [7, 11) is 1.75. The Morgan fingerprint density at radius 1 is 1.53 bits per heavy atom. The van der Waals surface area contributed by atoms with Crippen molar-refractivity contribution in [3.05, 3.63) is 33.4 Å². The van der Waals surface area contributed by atoms with E-state index in [4.69, 9.17) is 0 Å². The number of nitrogens with zero attached hydrogens (tertiary/aromatic N) is 1. The highest BCUT2D eigenvalue weighted by molar-refractivity contribution is 14.1. The van der Waals surface area contributed by atoms with E-state index < -0.39 is 0 Å². The lowest BCUT2D eigenvalue weighted by molar-refractivity contribution is -0.126. The molecule has 1 saturated heterocycles. The van der Waals surface area contributed by atoms with Crippen molar-refractivity contribution in [2.45, 2.75) is 12.5 Å². The molecule has 90 valence electrons. The summed E-state index contributed by atoms with van der Waals surface area (Å²) in [4.78, 5) is 24.9. The SMILES string of the molecule is CN1C[C@@H](NC(=O)c2cccc(I)c2)CC1=O. The summed E-state index contributed by atoms with van der Waals surface area (Å²) in [6.45, 7) is 0.592. The maximum Gasteiger partial charge on any atom is 0.251 e. The molecule has 1 aromatic carbocycles. The van der Waals surface area contributed by atoms with Crippen molar-refractivity contribution in [1.82, 2.24) is 10.2 Å². The first-order valence-electron chi connectivity index (χ1n) is 5.36. The van der Waals surface area contributed by atoms with Gasteiger partial charge in [-0.05, 0) is 40.8 Å². The Labute approximate surface area is 114 Å². The Morgan fingerprint density at radius 2 is 2.29 bits per heavy atom. The van der Waals surface area contributed by atoms with Crippen molar-refractivity contribution >= 4 is 34.4 Å². The van der Waals surface area contributed by atoms with Crippen LogP contribution in [0, 0.1) is 3.57 Å². The van der Waals surface area contributed by atoms with E-state index in [1.54, 1.807) is 18.0 Å². The molecule has 5 heteroatoms. The number of likely N-dealkylation sites (N-methyl/N-ethyl adjacent to an activating group) is 1. The third kappa shape index (κ3) is 2.96. The van der Waals surface area contributed by atoms with Gasteiger partial charge in [0.25, 0.3) is 5.91 Å². The Kier molecular flexibility index (Phi) is 3.66. The van der Waals surface area contributed by atoms with Crippen molar-refractivity contribution in [2.24, 2.45) is 0 Å². The topological polar surface area (TPSA) is 49.4 Å². The first-order chi connectivity index (χ1) is 8.06. The molecule has 1 heterocycles. The lowest BCUT2D eigenvalue weighted by Crippen LogP contribution is -2.36. The van der Waals surface area contributed by atoms with Crippen molar-refractivity contribution in [3.63, 3.8) is 0 Å². The summed E-state index contributed by atoms with van der Waals surface area (Å²) >= 11 is 2.17. The lowest BCUT2D eigenvalue weighted by Gasteiger charge is -2.12. The number of amides is 2. The molecule has 1 aromatic rings. The Bertz CT molecular complexity index is 462. The van der Waals surface area contributed by atoms with E-state index in [2.05, 4.69) is 27.9 Å². The van der Waals surface area contributed by atoms with Crippen LogP contribution in [0.15, 0.2) is 24.3 Å². The number of carbonyl (C=O) groups is 2. The van der Waals surface area contributed by atoms with E-state index in [1.807, 2.05) is 18.2 Å². The molecule has 2 rings (SSSR count). The van der Waals surface area contributed by atoms with Gasteiger partial charge in [-0.2, -0.15) is 0 Å². The number of carbonyl (C=O) groups excluding carboxylic acids is 2. The first-order valence-corrected chi connectivity index (χ1v) is 6.44. The molecule has 4 nitrogen and oxygen atoms in total. The molecule has 0 saturated carbocycles. The third-order valence-corrected chi connectivity index (χ3v) is 3.43. The number of hydrogen-bond donors (Lipinski definition) is 1. The molecule has 1 aliphatic rings. The third-order valence-electron chi connectivity index (χ3n) is 2.76. The summed E-state index contributed by atoms with van der Waals surface area (Å²) < 4.78 is 1.02. The van der Waals surface area contributed by atoms with Crippen molar-refractivity contribution in [1.29, 1.82) is 0 Å². The van der Waals surface area contributed by atoms with Crippen LogP contribution in [0.5, 0.6) is 0 Å². The predicted molar refractivity (Wildman–Crippen MR) is 72.7 cm³/mol. The van der Waals surface area contributed by atoms with Gasteiger partial charge in [-0.1, -0.05) is 6.07 Å². The quantitative estimate of drug-likeness (QED) is 0.821. The maximum atomic E-state index is 11.9. The summed E-state index contributed by atoms with van der Waals surface area (Å²) in [6.07, 6.45) is 0.395. The fourth-order valence-corrected chi connectivity index (χ4v) is 2.40. The fourth-order valence-electron chi connectivity index (χ4n) is 1.86. The van der Waals surface area contributed by atoms with Gasteiger partial charge in [-0.3, -0.25) is 9.59 Å². The molecule has 1 fully saturated rings. The Morgan fingerprint density at radius 3 is 2.88 bits per heavy atom. The predicted octanol–water partition coefficient (Wildman–Crippen LogP) is 1.25. The zero-order valence-corrected chi connectivity index (χ0v) is 11.6. The van der Waals surface area contributed by atoms with Crippen LogP contribution in [-0.2, 0) is 4.79 Å². The van der Waals surface area contributed by atoms with Crippen LogP contribution in [0.2, 0.25) is 0 Å². The molecule has 0 spiro atoms. The number of benzene rings is 1. The lowest BCUT2D eigenvalue weighted by atomic mass is 10.2. The van der Waals surface area contributed by atoms with Crippen LogP contribution < -0.4 is 5.32 Å². The van der Waals surface area contributed by atoms with Gasteiger partial charge in [0.2, 0.25) is 5.91 Å². The number of likely N-dealkylation sites (tertiary alicyclic amines) is 1. The van der Waals surface area contributed by atoms with Crippen LogP contribution in [-0.4, -0.2) is 36.3 Å². The fraction of sp³-hybridized carbons (Fsp3) is 0.333. The van der Waals surface area contributed by atoms with E-state index in [-0.39, 0.29) is 17.9 Å². The summed E-state index contributed by atoms with van der Waals surface area (Å²) in [5, 5.41) is 2.88. The van der Waals surface area contributed by atoms with Crippen LogP contribution in [0.4, 0.5) is 0 Å². The second kappa shape index (κ2) is 5.03. The van der Waals surface area contributed by atoms with Gasteiger partial charge in [-0.25, -0.2) is 0 Å². The van der Waals surface area contributed by atoms with E-state index in [0.29, 0.717) is 18.5 Å². The first kappa shape index (κ1) is 12.3. The smallest absolute Gasteiger partial charge is 0.251 e. The molecule has 1 N–H and O–H groups in total. The molecule has 1 atom stereocenters. The molecule has 0 radical (unpaired) electrons.